The molecule has 1 fully saturated rings. The molecule has 2 heterocycles. The Kier molecular flexibility index (Phi) is 5.55. The number of ether oxygens (including phenoxy) is 2. The summed E-state index contributed by atoms with van der Waals surface area (Å²) < 4.78 is 11.8. The van der Waals surface area contributed by atoms with E-state index in [9.17, 15) is 9.59 Å². The highest BCUT2D eigenvalue weighted by molar-refractivity contribution is 8.26. The van der Waals surface area contributed by atoms with Gasteiger partial charge in [-0.15, -0.1) is 0 Å². The number of benzene rings is 2. The quantitative estimate of drug-likeness (QED) is 0.571. The number of carbonyl (C=O) groups excluding carboxylic acids is 2. The number of thiocarbonyl (C=S) groups is 1. The van der Waals surface area contributed by atoms with Gasteiger partial charge in [0.05, 0.1) is 17.2 Å². The summed E-state index contributed by atoms with van der Waals surface area (Å²) in [5.41, 5.74) is 2.47. The molecule has 2 aromatic carbocycles. The zero-order valence-corrected chi connectivity index (χ0v) is 17.3. The second-order valence-corrected chi connectivity index (χ2v) is 8.33. The van der Waals surface area contributed by atoms with Crippen LogP contribution in [0, 0.1) is 6.92 Å². The Labute approximate surface area is 177 Å². The highest BCUT2D eigenvalue weighted by atomic mass is 32.2. The van der Waals surface area contributed by atoms with Crippen LogP contribution in [0.4, 0.5) is 10.5 Å². The molecule has 29 heavy (non-hydrogen) atoms. The lowest BCUT2D eigenvalue weighted by Crippen LogP contribution is -2.34. The number of carbonyl (C=O) groups is 2. The fraction of sp³-hybridized carbons (Fsp3) is 0.190. The number of anilines is 1. The summed E-state index contributed by atoms with van der Waals surface area (Å²) in [6.07, 6.45) is 1.95. The van der Waals surface area contributed by atoms with Crippen molar-refractivity contribution in [3.05, 3.63) is 58.5 Å². The first-order valence-corrected chi connectivity index (χ1v) is 10.3. The van der Waals surface area contributed by atoms with Crippen LogP contribution in [0.3, 0.4) is 0 Å². The number of hydrogen-bond acceptors (Lipinski definition) is 6. The van der Waals surface area contributed by atoms with Crippen LogP contribution in [-0.4, -0.2) is 29.5 Å². The molecule has 2 amide bonds. The molecule has 0 bridgehead atoms. The van der Waals surface area contributed by atoms with E-state index < -0.39 is 6.09 Å². The topological polar surface area (TPSA) is 67.9 Å². The number of aryl methyl sites for hydroxylation is 1. The summed E-state index contributed by atoms with van der Waals surface area (Å²) in [7, 11) is 0. The number of nitrogens with one attached hydrogen (secondary N) is 1. The number of amides is 2. The van der Waals surface area contributed by atoms with Crippen molar-refractivity contribution in [1.29, 1.82) is 0 Å². The second-order valence-electron chi connectivity index (χ2n) is 6.61. The normalized spacial score (nSPS) is 17.4. The van der Waals surface area contributed by atoms with Crippen LogP contribution in [0.2, 0.25) is 0 Å². The first kappa shape index (κ1) is 19.5. The van der Waals surface area contributed by atoms with Crippen molar-refractivity contribution in [3.63, 3.8) is 0 Å². The number of thioether (sulfide) groups is 1. The summed E-state index contributed by atoms with van der Waals surface area (Å²) in [4.78, 5) is 26.9. The van der Waals surface area contributed by atoms with Crippen LogP contribution in [0.5, 0.6) is 11.5 Å². The van der Waals surface area contributed by atoms with E-state index in [2.05, 4.69) is 5.32 Å². The molecular formula is C21H18N2O4S2. The molecule has 0 radical (unpaired) electrons. The molecule has 8 heteroatoms. The van der Waals surface area contributed by atoms with Crippen LogP contribution in [0.25, 0.3) is 6.08 Å². The predicted molar refractivity (Wildman–Crippen MR) is 117 cm³/mol. The van der Waals surface area contributed by atoms with Gasteiger partial charge < -0.3 is 14.8 Å². The standard InChI is InChI=1S/C21H18N2O4S2/c1-13-3-6-15(7-4-13)27-21(25)23-9-2-10-26-17-8-5-14(11-16(17)23)12-18-19(24)22-20(28)29-18/h3-8,11-12H,2,9-10H2,1H3,(H,22,24,28). The van der Waals surface area contributed by atoms with Gasteiger partial charge in [0.2, 0.25) is 0 Å². The van der Waals surface area contributed by atoms with E-state index in [1.54, 1.807) is 29.2 Å². The molecule has 1 saturated heterocycles. The summed E-state index contributed by atoms with van der Waals surface area (Å²) in [5, 5.41) is 2.60. The highest BCUT2D eigenvalue weighted by Gasteiger charge is 2.26. The fourth-order valence-electron chi connectivity index (χ4n) is 3.01. The molecule has 4 rings (SSSR count). The maximum atomic E-state index is 12.9. The lowest BCUT2D eigenvalue weighted by atomic mass is 10.1. The summed E-state index contributed by atoms with van der Waals surface area (Å²) >= 11 is 6.24. The lowest BCUT2D eigenvalue weighted by molar-refractivity contribution is -0.115. The molecule has 2 aliphatic rings. The molecule has 0 atom stereocenters. The first-order valence-electron chi connectivity index (χ1n) is 9.07. The number of fused-ring (bicyclic) bond motifs is 1. The van der Waals surface area contributed by atoms with E-state index in [0.717, 1.165) is 11.1 Å². The predicted octanol–water partition coefficient (Wildman–Crippen LogP) is 4.27. The largest absolute Gasteiger partial charge is 0.491 e. The summed E-state index contributed by atoms with van der Waals surface area (Å²) in [5.74, 6) is 0.865. The van der Waals surface area contributed by atoms with E-state index in [1.165, 1.54) is 11.8 Å². The zero-order chi connectivity index (χ0) is 20.4. The third kappa shape index (κ3) is 4.44. The van der Waals surface area contributed by atoms with Crippen LogP contribution in [0.15, 0.2) is 47.4 Å². The highest BCUT2D eigenvalue weighted by Crippen LogP contribution is 2.34. The SMILES string of the molecule is Cc1ccc(OC(=O)N2CCCOc3ccc(C=C4SC(=S)NC4=O)cc32)cc1. The van der Waals surface area contributed by atoms with Crippen molar-refractivity contribution < 1.29 is 19.1 Å². The van der Waals surface area contributed by atoms with Crippen LogP contribution in [-0.2, 0) is 4.79 Å². The maximum Gasteiger partial charge on any atom is 0.419 e. The van der Waals surface area contributed by atoms with Gasteiger partial charge in [0.15, 0.2) is 0 Å². The van der Waals surface area contributed by atoms with Gasteiger partial charge in [-0.05, 0) is 49.2 Å². The van der Waals surface area contributed by atoms with Crippen molar-refractivity contribution in [3.8, 4) is 11.5 Å². The van der Waals surface area contributed by atoms with Crippen molar-refractivity contribution in [2.45, 2.75) is 13.3 Å². The third-order valence-corrected chi connectivity index (χ3v) is 5.61. The summed E-state index contributed by atoms with van der Waals surface area (Å²) in [6, 6.07) is 12.8. The van der Waals surface area contributed by atoms with Gasteiger partial charge in [-0.25, -0.2) is 4.79 Å². The summed E-state index contributed by atoms with van der Waals surface area (Å²) in [6.45, 7) is 2.95. The van der Waals surface area contributed by atoms with Gasteiger partial charge in [0.1, 0.15) is 15.8 Å². The second kappa shape index (κ2) is 8.26. The maximum absolute atomic E-state index is 12.9. The molecule has 0 saturated carbocycles. The van der Waals surface area contributed by atoms with Crippen molar-refractivity contribution >= 4 is 52.1 Å². The fourth-order valence-corrected chi connectivity index (χ4v) is 4.05. The van der Waals surface area contributed by atoms with Gasteiger partial charge in [-0.3, -0.25) is 9.69 Å². The smallest absolute Gasteiger partial charge is 0.419 e. The molecule has 148 valence electrons. The van der Waals surface area contributed by atoms with Gasteiger partial charge in [0.25, 0.3) is 5.91 Å². The van der Waals surface area contributed by atoms with E-state index in [0.29, 0.717) is 46.0 Å². The molecule has 2 aromatic rings. The molecular weight excluding hydrogens is 408 g/mol. The molecule has 0 spiro atoms. The van der Waals surface area contributed by atoms with E-state index >= 15 is 0 Å². The number of rotatable bonds is 2. The van der Waals surface area contributed by atoms with Crippen molar-refractivity contribution in [2.75, 3.05) is 18.1 Å². The van der Waals surface area contributed by atoms with Crippen LogP contribution >= 0.6 is 24.0 Å². The van der Waals surface area contributed by atoms with Crippen LogP contribution in [0.1, 0.15) is 17.5 Å². The monoisotopic (exact) mass is 426 g/mol. The minimum Gasteiger partial charge on any atom is -0.491 e. The Bertz CT molecular complexity index is 1020. The van der Waals surface area contributed by atoms with Gasteiger partial charge >= 0.3 is 6.09 Å². The average Bonchev–Trinajstić information content (AvgIpc) is 2.89. The van der Waals surface area contributed by atoms with E-state index in [-0.39, 0.29) is 5.91 Å². The Morgan fingerprint density at radius 2 is 2.07 bits per heavy atom. The minimum absolute atomic E-state index is 0.221. The molecule has 0 aliphatic carbocycles. The van der Waals surface area contributed by atoms with Crippen LogP contribution < -0.4 is 19.7 Å². The van der Waals surface area contributed by atoms with Gasteiger partial charge in [-0.1, -0.05) is 47.7 Å². The average molecular weight is 427 g/mol. The number of nitrogens with zero attached hydrogens (tertiary/aromatic N) is 1. The molecule has 2 aliphatic heterocycles. The van der Waals surface area contributed by atoms with E-state index in [1.807, 2.05) is 31.2 Å². The molecule has 0 aromatic heterocycles. The Balaban J connectivity index is 1.63. The third-order valence-electron chi connectivity index (χ3n) is 4.44. The Morgan fingerprint density at radius 1 is 1.28 bits per heavy atom. The molecule has 0 unspecified atom stereocenters. The minimum atomic E-state index is -0.473. The molecule has 1 N–H and O–H groups in total. The van der Waals surface area contributed by atoms with Gasteiger partial charge in [0, 0.05) is 6.54 Å². The van der Waals surface area contributed by atoms with Crippen molar-refractivity contribution in [2.24, 2.45) is 0 Å². The molecule has 6 nitrogen and oxygen atoms in total. The van der Waals surface area contributed by atoms with E-state index in [4.69, 9.17) is 21.7 Å². The first-order chi connectivity index (χ1) is 14.0. The zero-order valence-electron chi connectivity index (χ0n) is 15.6. The van der Waals surface area contributed by atoms with Gasteiger partial charge in [-0.2, -0.15) is 0 Å². The van der Waals surface area contributed by atoms with Crippen molar-refractivity contribution in [1.82, 2.24) is 5.32 Å². The lowest BCUT2D eigenvalue weighted by Gasteiger charge is -2.21. The Hall–Kier alpha value is -2.84. The number of hydrogen-bond donors (Lipinski definition) is 1. The Morgan fingerprint density at radius 3 is 2.79 bits per heavy atom.